The molecule has 1 aromatic rings. The first kappa shape index (κ1) is 17.8. The van der Waals surface area contributed by atoms with Gasteiger partial charge in [0.15, 0.2) is 0 Å². The van der Waals surface area contributed by atoms with E-state index in [4.69, 9.17) is 5.73 Å². The summed E-state index contributed by atoms with van der Waals surface area (Å²) in [5, 5.41) is 0. The Morgan fingerprint density at radius 3 is 1.87 bits per heavy atom. The quantitative estimate of drug-likeness (QED) is 0.340. The Hall–Kier alpha value is 2.83. The van der Waals surface area contributed by atoms with Crippen LogP contribution < -0.4 is 5.73 Å². The topological polar surface area (TPSA) is 26.0 Å². The van der Waals surface area contributed by atoms with E-state index < -0.39 is 8.68 Å². The molecule has 0 radical (unpaired) electrons. The van der Waals surface area contributed by atoms with Crippen molar-refractivity contribution in [2.45, 2.75) is 6.17 Å². The van der Waals surface area contributed by atoms with Crippen LogP contribution in [0.5, 0.6) is 0 Å². The Kier molecular flexibility index (Phi) is 11.6. The van der Waals surface area contributed by atoms with Gasteiger partial charge in [-0.1, -0.05) is 30.3 Å². The Labute approximate surface area is 133 Å². The fourth-order valence-corrected chi connectivity index (χ4v) is 0.798. The average Bonchev–Trinajstić information content (AvgIpc) is 2.15. The molecule has 1 aromatic carbocycles. The van der Waals surface area contributed by atoms with Gasteiger partial charge in [-0.05, 0) is 5.56 Å². The van der Waals surface area contributed by atoms with E-state index in [1.807, 2.05) is 6.07 Å². The van der Waals surface area contributed by atoms with Gasteiger partial charge in [-0.3, -0.25) is 0 Å². The molecule has 1 nitrogen and oxygen atoms in total. The van der Waals surface area contributed by atoms with E-state index in [1.54, 1.807) is 24.3 Å². The van der Waals surface area contributed by atoms with E-state index in [0.717, 1.165) is 0 Å². The SMILES string of the molecule is NCC(F)c1ccccc1.[I][Sn]([I])([I])[I]. The van der Waals surface area contributed by atoms with Gasteiger partial charge in [0.1, 0.15) is 6.17 Å². The molecule has 7 heteroatoms. The van der Waals surface area contributed by atoms with E-state index in [9.17, 15) is 4.39 Å². The van der Waals surface area contributed by atoms with Crippen molar-refractivity contribution in [3.8, 4) is 0 Å². The van der Waals surface area contributed by atoms with Gasteiger partial charge in [-0.15, -0.1) is 0 Å². The van der Waals surface area contributed by atoms with Gasteiger partial charge in [-0.25, -0.2) is 4.39 Å². The molecule has 1 rings (SSSR count). The predicted molar refractivity (Wildman–Crippen MR) is 101 cm³/mol. The molecule has 0 bridgehead atoms. The van der Waals surface area contributed by atoms with Crippen molar-refractivity contribution >= 4 is 77.0 Å². The first-order valence-corrected chi connectivity index (χ1v) is 37.3. The van der Waals surface area contributed by atoms with E-state index in [1.165, 1.54) is 0 Å². The molecule has 0 amide bonds. The molecule has 15 heavy (non-hydrogen) atoms. The molecule has 86 valence electrons. The van der Waals surface area contributed by atoms with Gasteiger partial charge >= 0.3 is 77.0 Å². The van der Waals surface area contributed by atoms with Gasteiger partial charge in [0, 0.05) is 6.54 Å². The zero-order valence-corrected chi connectivity index (χ0v) is 19.1. The first-order chi connectivity index (χ1) is 6.84. The van der Waals surface area contributed by atoms with Crippen LogP contribution in [0.1, 0.15) is 11.7 Å². The third kappa shape index (κ3) is 13.1. The molecule has 0 aliphatic carbocycles. The Bertz CT molecular complexity index is 261. The second kappa shape index (κ2) is 9.72. The van der Waals surface area contributed by atoms with E-state index >= 15 is 0 Å². The second-order valence-corrected chi connectivity index (χ2v) is 131. The summed E-state index contributed by atoms with van der Waals surface area (Å²) in [5.41, 5.74) is 5.79. The van der Waals surface area contributed by atoms with Crippen LogP contribution in [-0.2, 0) is 0 Å². The molecular weight excluding hydrogens is 755 g/mol. The molecule has 0 aromatic heterocycles. The van der Waals surface area contributed by atoms with Crippen molar-refractivity contribution in [2.75, 3.05) is 6.54 Å². The summed E-state index contributed by atoms with van der Waals surface area (Å²) in [6.45, 7) is 0.0595. The minimum absolute atomic E-state index is 0.0595. The number of hydrogen-bond donors (Lipinski definition) is 1. The zero-order chi connectivity index (χ0) is 11.9. The van der Waals surface area contributed by atoms with Crippen molar-refractivity contribution in [2.24, 2.45) is 5.73 Å². The van der Waals surface area contributed by atoms with Crippen molar-refractivity contribution in [1.82, 2.24) is 0 Å². The predicted octanol–water partition coefficient (Wildman–Crippen LogP) is 4.82. The van der Waals surface area contributed by atoms with Crippen LogP contribution in [0.2, 0.25) is 0 Å². The number of alkyl halides is 1. The van der Waals surface area contributed by atoms with Gasteiger partial charge in [0.05, 0.1) is 0 Å². The van der Waals surface area contributed by atoms with Crippen LogP contribution in [0, 0.1) is 0 Å². The van der Waals surface area contributed by atoms with Gasteiger partial charge in [0.2, 0.25) is 0 Å². The fourth-order valence-electron chi connectivity index (χ4n) is 0.798. The summed E-state index contributed by atoms with van der Waals surface area (Å²) in [7, 11) is 0. The van der Waals surface area contributed by atoms with E-state index in [2.05, 4.69) is 74.5 Å². The Balaban J connectivity index is 0.000000336. The molecule has 0 aliphatic heterocycles. The fraction of sp³-hybridized carbons (Fsp3) is 0.250. The molecular formula is C8H10FI4NSn. The molecule has 0 heterocycles. The number of hydrogen-bond acceptors (Lipinski definition) is 1. The Morgan fingerprint density at radius 2 is 1.53 bits per heavy atom. The summed E-state index contributed by atoms with van der Waals surface area (Å²) in [4.78, 5) is 0. The van der Waals surface area contributed by atoms with Crippen LogP contribution in [0.4, 0.5) is 4.39 Å². The van der Waals surface area contributed by atoms with Crippen LogP contribution >= 0.6 is 74.5 Å². The average molecular weight is 766 g/mol. The van der Waals surface area contributed by atoms with Crippen LogP contribution in [-0.4, -0.2) is 9.05 Å². The second-order valence-electron chi connectivity index (χ2n) is 2.54. The van der Waals surface area contributed by atoms with Crippen LogP contribution in [0.3, 0.4) is 0 Å². The van der Waals surface area contributed by atoms with Crippen LogP contribution in [0.15, 0.2) is 30.3 Å². The van der Waals surface area contributed by atoms with Crippen LogP contribution in [0.25, 0.3) is 0 Å². The van der Waals surface area contributed by atoms with Gasteiger partial charge in [-0.2, -0.15) is 0 Å². The van der Waals surface area contributed by atoms with Crippen molar-refractivity contribution in [3.05, 3.63) is 35.9 Å². The van der Waals surface area contributed by atoms with E-state index in [0.29, 0.717) is 5.56 Å². The maximum atomic E-state index is 12.7. The number of nitrogens with two attached hydrogens (primary N) is 1. The summed E-state index contributed by atoms with van der Waals surface area (Å²) in [6, 6.07) is 8.93. The monoisotopic (exact) mass is 767 g/mol. The number of benzene rings is 1. The minimum atomic E-state index is -1.30. The standard InChI is InChI=1S/C8H10FN.4HI.Sn/c9-8(6-10)7-4-2-1-3-5-7;;;;;/h1-5,8H,6,10H2;4*1H;/q;;;;;+4/p-4. The molecule has 1 atom stereocenters. The molecule has 0 saturated heterocycles. The molecule has 0 saturated carbocycles. The maximum absolute atomic E-state index is 12.7. The zero-order valence-electron chi connectivity index (χ0n) is 7.64. The number of rotatable bonds is 2. The van der Waals surface area contributed by atoms with Crippen molar-refractivity contribution < 1.29 is 4.39 Å². The molecule has 0 aliphatic rings. The normalized spacial score (nSPS) is 12.7. The summed E-state index contributed by atoms with van der Waals surface area (Å²) in [6.07, 6.45) is -1.01. The molecule has 1 unspecified atom stereocenters. The Morgan fingerprint density at radius 1 is 1.13 bits per heavy atom. The van der Waals surface area contributed by atoms with E-state index in [-0.39, 0.29) is 6.54 Å². The third-order valence-electron chi connectivity index (χ3n) is 1.37. The van der Waals surface area contributed by atoms with Crippen molar-refractivity contribution in [1.29, 1.82) is 0 Å². The molecule has 0 fully saturated rings. The number of halogens is 5. The summed E-state index contributed by atoms with van der Waals surface area (Å²) < 4.78 is 11.4. The van der Waals surface area contributed by atoms with Gasteiger partial charge < -0.3 is 5.73 Å². The summed E-state index contributed by atoms with van der Waals surface area (Å²) >= 11 is 10.2. The first-order valence-electron chi connectivity index (χ1n) is 3.99. The summed E-state index contributed by atoms with van der Waals surface area (Å²) in [5.74, 6) is 0. The molecule has 0 spiro atoms. The van der Waals surface area contributed by atoms with Crippen molar-refractivity contribution in [3.63, 3.8) is 0 Å². The third-order valence-corrected chi connectivity index (χ3v) is 1.37. The molecule has 2 N–H and O–H groups in total. The van der Waals surface area contributed by atoms with Gasteiger partial charge in [0.25, 0.3) is 0 Å².